The second kappa shape index (κ2) is 8.54. The highest BCUT2D eigenvalue weighted by molar-refractivity contribution is 8.18. The zero-order valence-electron chi connectivity index (χ0n) is 16.7. The fraction of sp³-hybridized carbons (Fsp3) is 0.130. The van der Waals surface area contributed by atoms with Gasteiger partial charge in [-0.05, 0) is 73.1 Å². The maximum atomic E-state index is 14.3. The molecule has 0 radical (unpaired) electrons. The van der Waals surface area contributed by atoms with Crippen LogP contribution in [0, 0.1) is 19.7 Å². The molecule has 31 heavy (non-hydrogen) atoms. The summed E-state index contributed by atoms with van der Waals surface area (Å²) in [5.41, 5.74) is 3.40. The van der Waals surface area contributed by atoms with Crippen LogP contribution in [0.3, 0.4) is 0 Å². The van der Waals surface area contributed by atoms with Crippen molar-refractivity contribution in [3.8, 4) is 5.69 Å². The van der Waals surface area contributed by atoms with Gasteiger partial charge >= 0.3 is 0 Å². The lowest BCUT2D eigenvalue weighted by atomic mass is 10.2. The molecule has 1 saturated heterocycles. The number of imide groups is 1. The minimum absolute atomic E-state index is 0.0618. The van der Waals surface area contributed by atoms with Crippen LogP contribution in [0.1, 0.15) is 22.5 Å². The van der Waals surface area contributed by atoms with E-state index in [2.05, 4.69) is 0 Å². The summed E-state index contributed by atoms with van der Waals surface area (Å²) in [6.07, 6.45) is 1.67. The van der Waals surface area contributed by atoms with Gasteiger partial charge in [-0.15, -0.1) is 0 Å². The van der Waals surface area contributed by atoms with Gasteiger partial charge in [0.25, 0.3) is 11.1 Å². The summed E-state index contributed by atoms with van der Waals surface area (Å²) < 4.78 is 16.1. The van der Waals surface area contributed by atoms with E-state index in [1.54, 1.807) is 47.0 Å². The molecular weight excluding hydrogens is 458 g/mol. The Morgan fingerprint density at radius 2 is 1.81 bits per heavy atom. The van der Waals surface area contributed by atoms with Crippen molar-refractivity contribution < 1.29 is 14.0 Å². The summed E-state index contributed by atoms with van der Waals surface area (Å²) >= 11 is 13.0. The Morgan fingerprint density at radius 1 is 1.06 bits per heavy atom. The molecule has 8 heteroatoms. The first-order valence-corrected chi connectivity index (χ1v) is 11.0. The predicted octanol–water partition coefficient (Wildman–Crippen LogP) is 6.78. The Labute approximate surface area is 193 Å². The Hall–Kier alpha value is -2.54. The number of aromatic nitrogens is 1. The third-order valence-corrected chi connectivity index (χ3v) is 6.56. The summed E-state index contributed by atoms with van der Waals surface area (Å²) in [7, 11) is 0. The highest BCUT2D eigenvalue weighted by Crippen LogP contribution is 2.35. The summed E-state index contributed by atoms with van der Waals surface area (Å²) in [5.74, 6) is -0.729. The van der Waals surface area contributed by atoms with Crippen molar-refractivity contribution in [2.45, 2.75) is 20.4 Å². The molecule has 4 nitrogen and oxygen atoms in total. The Kier molecular flexibility index (Phi) is 5.97. The van der Waals surface area contributed by atoms with E-state index >= 15 is 0 Å². The number of rotatable bonds is 4. The largest absolute Gasteiger partial charge is 0.315 e. The topological polar surface area (TPSA) is 42.3 Å². The van der Waals surface area contributed by atoms with E-state index in [1.807, 2.05) is 19.9 Å². The average molecular weight is 475 g/mol. The Balaban J connectivity index is 1.64. The molecule has 2 aromatic carbocycles. The van der Waals surface area contributed by atoms with Crippen LogP contribution < -0.4 is 0 Å². The lowest BCUT2D eigenvalue weighted by molar-refractivity contribution is -0.123. The minimum atomic E-state index is -0.392. The van der Waals surface area contributed by atoms with Gasteiger partial charge in [0, 0.05) is 21.4 Å². The van der Waals surface area contributed by atoms with Crippen LogP contribution in [0.2, 0.25) is 10.0 Å². The normalized spacial score (nSPS) is 15.4. The number of hydrogen-bond acceptors (Lipinski definition) is 3. The maximum absolute atomic E-state index is 14.3. The van der Waals surface area contributed by atoms with E-state index in [9.17, 15) is 14.0 Å². The summed E-state index contributed by atoms with van der Waals surface area (Å²) in [6, 6.07) is 13.3. The molecule has 1 aliphatic heterocycles. The second-order valence-corrected chi connectivity index (χ2v) is 8.95. The number of hydrogen-bond donors (Lipinski definition) is 0. The molecule has 0 saturated carbocycles. The van der Waals surface area contributed by atoms with Crippen molar-refractivity contribution in [2.75, 3.05) is 0 Å². The van der Waals surface area contributed by atoms with Gasteiger partial charge in [0.2, 0.25) is 0 Å². The highest BCUT2D eigenvalue weighted by atomic mass is 35.5. The van der Waals surface area contributed by atoms with Crippen LogP contribution in [0.4, 0.5) is 9.18 Å². The number of benzene rings is 2. The van der Waals surface area contributed by atoms with Gasteiger partial charge in [-0.3, -0.25) is 14.5 Å². The van der Waals surface area contributed by atoms with E-state index in [0.717, 1.165) is 33.6 Å². The van der Waals surface area contributed by atoms with Crippen molar-refractivity contribution in [1.82, 2.24) is 9.47 Å². The van der Waals surface area contributed by atoms with Gasteiger partial charge in [-0.2, -0.15) is 0 Å². The summed E-state index contributed by atoms with van der Waals surface area (Å²) in [4.78, 5) is 26.9. The minimum Gasteiger partial charge on any atom is -0.315 e. The van der Waals surface area contributed by atoms with Gasteiger partial charge in [-0.1, -0.05) is 41.4 Å². The second-order valence-electron chi connectivity index (χ2n) is 7.12. The van der Waals surface area contributed by atoms with Crippen molar-refractivity contribution in [1.29, 1.82) is 0 Å². The van der Waals surface area contributed by atoms with Gasteiger partial charge in [0.05, 0.1) is 17.1 Å². The molecule has 1 fully saturated rings. The van der Waals surface area contributed by atoms with Crippen molar-refractivity contribution in [3.05, 3.63) is 91.8 Å². The van der Waals surface area contributed by atoms with E-state index in [-0.39, 0.29) is 17.6 Å². The molecule has 1 aliphatic rings. The molecule has 0 unspecified atom stereocenters. The first-order valence-electron chi connectivity index (χ1n) is 9.39. The van der Waals surface area contributed by atoms with Crippen LogP contribution >= 0.6 is 35.0 Å². The average Bonchev–Trinajstić information content (AvgIpc) is 3.14. The fourth-order valence-electron chi connectivity index (χ4n) is 3.54. The lowest BCUT2D eigenvalue weighted by Gasteiger charge is -2.13. The number of aryl methyl sites for hydroxylation is 1. The number of amides is 2. The number of para-hydroxylation sites is 1. The zero-order valence-corrected chi connectivity index (χ0v) is 19.0. The standard InChI is InChI=1S/C23H17Cl2FN2O2S/c1-13-9-16(14(2)28(13)20-6-4-3-5-19(20)26)10-21-22(29)27(23(30)31-21)12-15-7-8-17(24)11-18(15)25/h3-11H,12H2,1-2H3/b21-10-. The van der Waals surface area contributed by atoms with Crippen molar-refractivity contribution in [3.63, 3.8) is 0 Å². The third-order valence-electron chi connectivity index (χ3n) is 5.07. The van der Waals surface area contributed by atoms with Gasteiger partial charge in [0.1, 0.15) is 5.82 Å². The lowest BCUT2D eigenvalue weighted by Crippen LogP contribution is -2.27. The van der Waals surface area contributed by atoms with Gasteiger partial charge in [0.15, 0.2) is 0 Å². The highest BCUT2D eigenvalue weighted by Gasteiger charge is 2.35. The van der Waals surface area contributed by atoms with E-state index in [1.165, 1.54) is 6.07 Å². The van der Waals surface area contributed by atoms with E-state index in [4.69, 9.17) is 23.2 Å². The molecule has 1 aromatic heterocycles. The number of nitrogens with zero attached hydrogens (tertiary/aromatic N) is 2. The van der Waals surface area contributed by atoms with Crippen molar-refractivity contribution >= 4 is 52.2 Å². The van der Waals surface area contributed by atoms with E-state index < -0.39 is 5.91 Å². The molecule has 0 bridgehead atoms. The molecule has 2 amide bonds. The number of carbonyl (C=O) groups excluding carboxylic acids is 2. The predicted molar refractivity (Wildman–Crippen MR) is 123 cm³/mol. The number of carbonyl (C=O) groups is 2. The SMILES string of the molecule is Cc1cc(/C=C2\SC(=O)N(Cc3ccc(Cl)cc3Cl)C2=O)c(C)n1-c1ccccc1F. The quantitative estimate of drug-likeness (QED) is 0.391. The van der Waals surface area contributed by atoms with Crippen LogP contribution in [-0.4, -0.2) is 20.6 Å². The molecular formula is C23H17Cl2FN2O2S. The van der Waals surface area contributed by atoms with Gasteiger partial charge < -0.3 is 4.57 Å². The monoisotopic (exact) mass is 474 g/mol. The summed E-state index contributed by atoms with van der Waals surface area (Å²) in [5, 5.41) is 0.502. The fourth-order valence-corrected chi connectivity index (χ4v) is 4.83. The van der Waals surface area contributed by atoms with Crippen LogP contribution in [0.15, 0.2) is 53.4 Å². The van der Waals surface area contributed by atoms with Crippen LogP contribution in [-0.2, 0) is 11.3 Å². The Morgan fingerprint density at radius 3 is 2.52 bits per heavy atom. The molecule has 0 atom stereocenters. The first kappa shape index (κ1) is 21.7. The third kappa shape index (κ3) is 4.15. The molecule has 0 aliphatic carbocycles. The zero-order chi connectivity index (χ0) is 22.3. The molecule has 2 heterocycles. The Bertz CT molecular complexity index is 1250. The first-order chi connectivity index (χ1) is 14.8. The molecule has 158 valence electrons. The summed E-state index contributed by atoms with van der Waals surface area (Å²) in [6.45, 7) is 3.78. The van der Waals surface area contributed by atoms with Crippen molar-refractivity contribution in [2.24, 2.45) is 0 Å². The van der Waals surface area contributed by atoms with E-state index in [0.29, 0.717) is 26.2 Å². The maximum Gasteiger partial charge on any atom is 0.293 e. The molecule has 0 N–H and O–H groups in total. The van der Waals surface area contributed by atoms with Crippen LogP contribution in [0.25, 0.3) is 11.8 Å². The molecule has 4 rings (SSSR count). The number of halogens is 3. The number of thioether (sulfide) groups is 1. The van der Waals surface area contributed by atoms with Crippen LogP contribution in [0.5, 0.6) is 0 Å². The molecule has 3 aromatic rings. The smallest absolute Gasteiger partial charge is 0.293 e. The molecule has 0 spiro atoms. The van der Waals surface area contributed by atoms with Gasteiger partial charge in [-0.25, -0.2) is 4.39 Å².